The van der Waals surface area contributed by atoms with Gasteiger partial charge in [0.25, 0.3) is 0 Å². The molecule has 0 fully saturated rings. The lowest BCUT2D eigenvalue weighted by molar-refractivity contribution is -0.116. The van der Waals surface area contributed by atoms with Crippen molar-refractivity contribution in [3.8, 4) is 6.07 Å². The molecule has 20 heavy (non-hydrogen) atoms. The summed E-state index contributed by atoms with van der Waals surface area (Å²) in [5.74, 6) is -0.143. The van der Waals surface area contributed by atoms with Crippen LogP contribution in [0.2, 0.25) is 0 Å². The van der Waals surface area contributed by atoms with Gasteiger partial charge in [-0.15, -0.1) is 0 Å². The highest BCUT2D eigenvalue weighted by Crippen LogP contribution is 2.09. The molecule has 0 aromatic heterocycles. The van der Waals surface area contributed by atoms with E-state index in [9.17, 15) is 4.79 Å². The van der Waals surface area contributed by atoms with Gasteiger partial charge in [0.15, 0.2) is 0 Å². The van der Waals surface area contributed by atoms with E-state index in [0.717, 1.165) is 0 Å². The van der Waals surface area contributed by atoms with E-state index in [-0.39, 0.29) is 25.5 Å². The van der Waals surface area contributed by atoms with Crippen molar-refractivity contribution >= 4 is 11.6 Å². The number of rotatable bonds is 8. The zero-order valence-electron chi connectivity index (χ0n) is 11.2. The molecule has 108 valence electrons. The minimum Gasteiger partial charge on any atom is -0.395 e. The van der Waals surface area contributed by atoms with E-state index in [1.165, 1.54) is 0 Å². The molecule has 1 rings (SSSR count). The van der Waals surface area contributed by atoms with Crippen molar-refractivity contribution in [1.29, 1.82) is 5.26 Å². The number of carbonyl (C=O) groups excluding carboxylic acids is 1. The minimum absolute atomic E-state index is 0.00274. The summed E-state index contributed by atoms with van der Waals surface area (Å²) in [4.78, 5) is 13.6. The van der Waals surface area contributed by atoms with Crippen LogP contribution in [0.5, 0.6) is 0 Å². The van der Waals surface area contributed by atoms with Gasteiger partial charge in [0, 0.05) is 31.7 Å². The summed E-state index contributed by atoms with van der Waals surface area (Å²) in [6, 6.07) is 8.64. The van der Waals surface area contributed by atoms with Gasteiger partial charge in [-0.2, -0.15) is 5.26 Å². The molecular weight excluding hydrogens is 258 g/mol. The van der Waals surface area contributed by atoms with E-state index in [2.05, 4.69) is 5.32 Å². The van der Waals surface area contributed by atoms with Gasteiger partial charge in [0.2, 0.25) is 5.91 Å². The second-order valence-corrected chi connectivity index (χ2v) is 4.28. The van der Waals surface area contributed by atoms with E-state index in [1.54, 1.807) is 24.3 Å². The van der Waals surface area contributed by atoms with Gasteiger partial charge in [-0.25, -0.2) is 0 Å². The van der Waals surface area contributed by atoms with E-state index in [1.807, 2.05) is 11.0 Å². The summed E-state index contributed by atoms with van der Waals surface area (Å²) in [5.41, 5.74) is 1.19. The van der Waals surface area contributed by atoms with Gasteiger partial charge in [0.1, 0.15) is 0 Å². The normalized spacial score (nSPS) is 10.3. The number of hydrogen-bond donors (Lipinski definition) is 3. The third kappa shape index (κ3) is 5.80. The number of amides is 1. The highest BCUT2D eigenvalue weighted by Gasteiger charge is 2.07. The first-order valence-corrected chi connectivity index (χ1v) is 6.43. The van der Waals surface area contributed by atoms with Gasteiger partial charge in [-0.3, -0.25) is 9.69 Å². The van der Waals surface area contributed by atoms with E-state index < -0.39 is 0 Å². The van der Waals surface area contributed by atoms with E-state index in [4.69, 9.17) is 15.5 Å². The molecule has 1 amide bonds. The van der Waals surface area contributed by atoms with Crippen LogP contribution in [0.3, 0.4) is 0 Å². The highest BCUT2D eigenvalue weighted by molar-refractivity contribution is 5.90. The Labute approximate surface area is 118 Å². The van der Waals surface area contributed by atoms with Crippen molar-refractivity contribution in [2.24, 2.45) is 0 Å². The molecule has 0 heterocycles. The zero-order chi connectivity index (χ0) is 14.8. The van der Waals surface area contributed by atoms with Crippen LogP contribution in [0.25, 0.3) is 0 Å². The zero-order valence-corrected chi connectivity index (χ0v) is 11.2. The SMILES string of the molecule is N#Cc1ccc(NC(=O)CCN(CCO)CCO)cc1. The molecule has 6 heteroatoms. The maximum absolute atomic E-state index is 11.8. The number of aliphatic hydroxyl groups excluding tert-OH is 2. The maximum Gasteiger partial charge on any atom is 0.225 e. The van der Waals surface area contributed by atoms with Gasteiger partial charge in [-0.1, -0.05) is 0 Å². The molecule has 0 aliphatic rings. The molecular formula is C14H19N3O3. The lowest BCUT2D eigenvalue weighted by Crippen LogP contribution is -2.32. The largest absolute Gasteiger partial charge is 0.395 e. The molecule has 6 nitrogen and oxygen atoms in total. The Morgan fingerprint density at radius 2 is 1.75 bits per heavy atom. The number of aliphatic hydroxyl groups is 2. The first kappa shape index (κ1) is 16.1. The number of nitriles is 1. The van der Waals surface area contributed by atoms with Crippen molar-refractivity contribution in [3.05, 3.63) is 29.8 Å². The predicted octanol–water partition coefficient (Wildman–Crippen LogP) is 0.173. The topological polar surface area (TPSA) is 96.6 Å². The van der Waals surface area contributed by atoms with Crippen molar-refractivity contribution in [1.82, 2.24) is 4.90 Å². The molecule has 0 bridgehead atoms. The standard InChI is InChI=1S/C14H19N3O3/c15-11-12-1-3-13(4-2-12)16-14(20)5-6-17(7-9-18)8-10-19/h1-4,18-19H,5-10H2,(H,16,20). The Morgan fingerprint density at radius 3 is 2.25 bits per heavy atom. The summed E-state index contributed by atoms with van der Waals surface area (Å²) < 4.78 is 0. The fourth-order valence-electron chi connectivity index (χ4n) is 1.73. The van der Waals surface area contributed by atoms with Crippen LogP contribution in [0.15, 0.2) is 24.3 Å². The Morgan fingerprint density at radius 1 is 1.15 bits per heavy atom. The van der Waals surface area contributed by atoms with Gasteiger partial charge >= 0.3 is 0 Å². The summed E-state index contributed by atoms with van der Waals surface area (Å²) in [6.45, 7) is 1.34. The van der Waals surface area contributed by atoms with Crippen molar-refractivity contribution in [3.63, 3.8) is 0 Å². The van der Waals surface area contributed by atoms with Crippen molar-refractivity contribution in [2.45, 2.75) is 6.42 Å². The van der Waals surface area contributed by atoms with Crippen LogP contribution in [0.1, 0.15) is 12.0 Å². The van der Waals surface area contributed by atoms with Crippen LogP contribution in [-0.2, 0) is 4.79 Å². The Hall–Kier alpha value is -1.94. The van der Waals surface area contributed by atoms with Gasteiger partial charge in [0.05, 0.1) is 24.8 Å². The molecule has 0 spiro atoms. The second-order valence-electron chi connectivity index (χ2n) is 4.28. The minimum atomic E-state index is -0.143. The van der Waals surface area contributed by atoms with Crippen LogP contribution in [0.4, 0.5) is 5.69 Å². The Kier molecular flexibility index (Phi) is 7.29. The number of nitrogens with one attached hydrogen (secondary N) is 1. The first-order chi connectivity index (χ1) is 9.69. The first-order valence-electron chi connectivity index (χ1n) is 6.43. The van der Waals surface area contributed by atoms with Crippen LogP contribution in [-0.4, -0.2) is 53.9 Å². The Bertz CT molecular complexity index is 448. The monoisotopic (exact) mass is 277 g/mol. The molecule has 0 radical (unpaired) electrons. The second kappa shape index (κ2) is 9.04. The number of nitrogens with zero attached hydrogens (tertiary/aromatic N) is 2. The lowest BCUT2D eigenvalue weighted by atomic mass is 10.2. The maximum atomic E-state index is 11.8. The smallest absolute Gasteiger partial charge is 0.225 e. The van der Waals surface area contributed by atoms with Crippen LogP contribution < -0.4 is 5.32 Å². The molecule has 0 unspecified atom stereocenters. The number of anilines is 1. The molecule has 1 aromatic rings. The van der Waals surface area contributed by atoms with Crippen molar-refractivity contribution < 1.29 is 15.0 Å². The molecule has 0 atom stereocenters. The molecule has 0 saturated carbocycles. The third-order valence-corrected chi connectivity index (χ3v) is 2.79. The number of benzene rings is 1. The number of carbonyl (C=O) groups is 1. The van der Waals surface area contributed by atoms with Gasteiger partial charge in [-0.05, 0) is 24.3 Å². The molecule has 1 aromatic carbocycles. The Balaban J connectivity index is 2.40. The molecule has 0 aliphatic heterocycles. The predicted molar refractivity (Wildman–Crippen MR) is 75.0 cm³/mol. The molecule has 0 saturated heterocycles. The van der Waals surface area contributed by atoms with Crippen molar-refractivity contribution in [2.75, 3.05) is 38.2 Å². The third-order valence-electron chi connectivity index (χ3n) is 2.79. The summed E-state index contributed by atoms with van der Waals surface area (Å²) >= 11 is 0. The van der Waals surface area contributed by atoms with E-state index >= 15 is 0 Å². The fourth-order valence-corrected chi connectivity index (χ4v) is 1.73. The van der Waals surface area contributed by atoms with Crippen LogP contribution >= 0.6 is 0 Å². The average molecular weight is 277 g/mol. The van der Waals surface area contributed by atoms with E-state index in [0.29, 0.717) is 30.9 Å². The highest BCUT2D eigenvalue weighted by atomic mass is 16.3. The van der Waals surface area contributed by atoms with Gasteiger partial charge < -0.3 is 15.5 Å². The van der Waals surface area contributed by atoms with Crippen LogP contribution in [0, 0.1) is 11.3 Å². The lowest BCUT2D eigenvalue weighted by Gasteiger charge is -2.19. The molecule has 0 aliphatic carbocycles. The quantitative estimate of drug-likeness (QED) is 0.629. The average Bonchev–Trinajstić information content (AvgIpc) is 2.46. The summed E-state index contributed by atoms with van der Waals surface area (Å²) in [5, 5.41) is 29.1. The fraction of sp³-hybridized carbons (Fsp3) is 0.429. The number of hydrogen-bond acceptors (Lipinski definition) is 5. The summed E-state index contributed by atoms with van der Waals surface area (Å²) in [6.07, 6.45) is 0.278. The summed E-state index contributed by atoms with van der Waals surface area (Å²) in [7, 11) is 0. The molecule has 3 N–H and O–H groups in total.